The van der Waals surface area contributed by atoms with Crippen molar-refractivity contribution in [2.24, 2.45) is 0 Å². The van der Waals surface area contributed by atoms with Crippen LogP contribution in [0.2, 0.25) is 6.04 Å². The summed E-state index contributed by atoms with van der Waals surface area (Å²) in [6.45, 7) is 8.81. The molecule has 0 atom stereocenters. The molecule has 0 radical (unpaired) electrons. The number of urea groups is 1. The molecular formula is C30H37N5O4Si. The van der Waals surface area contributed by atoms with Gasteiger partial charge in [0.05, 0.1) is 19.3 Å². The van der Waals surface area contributed by atoms with Crippen LogP contribution in [0, 0.1) is 0 Å². The summed E-state index contributed by atoms with van der Waals surface area (Å²) in [6.07, 6.45) is 2.58. The molecule has 0 unspecified atom stereocenters. The lowest BCUT2D eigenvalue weighted by Gasteiger charge is -2.28. The van der Waals surface area contributed by atoms with Gasteiger partial charge in [0.2, 0.25) is 0 Å². The van der Waals surface area contributed by atoms with E-state index in [1.54, 1.807) is 0 Å². The molecule has 0 aliphatic carbocycles. The molecule has 0 bridgehead atoms. The van der Waals surface area contributed by atoms with E-state index in [9.17, 15) is 4.79 Å². The van der Waals surface area contributed by atoms with Gasteiger partial charge in [-0.05, 0) is 65.1 Å². The first kappa shape index (κ1) is 28.0. The van der Waals surface area contributed by atoms with Gasteiger partial charge in [-0.25, -0.2) is 9.48 Å². The summed E-state index contributed by atoms with van der Waals surface area (Å²) < 4.78 is 19.4. The highest BCUT2D eigenvalue weighted by Crippen LogP contribution is 2.36. The topological polar surface area (TPSA) is 99.5 Å². The molecule has 0 saturated heterocycles. The molecule has 0 aliphatic rings. The summed E-state index contributed by atoms with van der Waals surface area (Å²) in [5, 5.41) is 21.9. The summed E-state index contributed by atoms with van der Waals surface area (Å²) in [5.74, 6) is 0. The van der Waals surface area contributed by atoms with Gasteiger partial charge in [0.1, 0.15) is 5.69 Å². The first-order chi connectivity index (χ1) is 19.6. The maximum Gasteiger partial charge on any atom is 0.500 e. The Hall–Kier alpha value is -3.57. The number of nitrogens with zero attached hydrogens (tertiary/aromatic N) is 3. The largest absolute Gasteiger partial charge is 0.500 e. The molecule has 2 N–H and O–H groups in total. The Kier molecular flexibility index (Phi) is 8.90. The fraction of sp³-hybridized carbons (Fsp3) is 0.367. The first-order valence-electron chi connectivity index (χ1n) is 14.0. The second-order valence-electron chi connectivity index (χ2n) is 9.68. The van der Waals surface area contributed by atoms with Gasteiger partial charge >= 0.3 is 14.8 Å². The van der Waals surface area contributed by atoms with Crippen LogP contribution in [0.15, 0.2) is 60.8 Å². The van der Waals surface area contributed by atoms with Gasteiger partial charge in [-0.15, -0.1) is 5.10 Å². The van der Waals surface area contributed by atoms with Crippen molar-refractivity contribution in [2.75, 3.05) is 26.4 Å². The average Bonchev–Trinajstić information content (AvgIpc) is 3.41. The number of carbonyl (C=O) groups excluding carboxylic acids is 1. The van der Waals surface area contributed by atoms with Crippen LogP contribution in [0.3, 0.4) is 0 Å². The normalized spacial score (nSPS) is 12.1. The SMILES string of the molecule is CCO[Si](CCCNC(=O)NCc1cn(Cc2ccc3ccc4cccc5ccc2c3c45)nn1)(OCC)OCC. The zero-order valence-electron chi connectivity index (χ0n) is 23.4. The smallest absolute Gasteiger partial charge is 0.374 e. The average molecular weight is 560 g/mol. The fourth-order valence-corrected chi connectivity index (χ4v) is 7.96. The highest BCUT2D eigenvalue weighted by atomic mass is 28.4. The number of amides is 2. The van der Waals surface area contributed by atoms with E-state index in [0.29, 0.717) is 57.6 Å². The van der Waals surface area contributed by atoms with Crippen molar-refractivity contribution >= 4 is 47.2 Å². The van der Waals surface area contributed by atoms with Gasteiger partial charge in [0.25, 0.3) is 0 Å². The lowest BCUT2D eigenvalue weighted by molar-refractivity contribution is 0.0708. The molecule has 10 heteroatoms. The molecule has 1 aromatic heterocycles. The molecule has 40 heavy (non-hydrogen) atoms. The summed E-state index contributed by atoms with van der Waals surface area (Å²) >= 11 is 0. The molecule has 2 amide bonds. The Labute approximate surface area is 235 Å². The van der Waals surface area contributed by atoms with E-state index in [1.807, 2.05) is 31.6 Å². The van der Waals surface area contributed by atoms with Gasteiger partial charge in [-0.3, -0.25) is 0 Å². The van der Waals surface area contributed by atoms with Gasteiger partial charge in [-0.2, -0.15) is 0 Å². The molecular weight excluding hydrogens is 522 g/mol. The zero-order chi connectivity index (χ0) is 28.0. The van der Waals surface area contributed by atoms with Crippen molar-refractivity contribution in [3.05, 3.63) is 72.1 Å². The third kappa shape index (κ3) is 6.10. The lowest BCUT2D eigenvalue weighted by atomic mass is 9.92. The minimum atomic E-state index is -2.70. The molecule has 0 fully saturated rings. The number of hydrogen-bond acceptors (Lipinski definition) is 6. The molecule has 9 nitrogen and oxygen atoms in total. The molecule has 5 aromatic rings. The monoisotopic (exact) mass is 559 g/mol. The Morgan fingerprint density at radius 1 is 0.850 bits per heavy atom. The maximum absolute atomic E-state index is 12.4. The van der Waals surface area contributed by atoms with Crippen molar-refractivity contribution in [1.82, 2.24) is 25.6 Å². The molecule has 210 valence electrons. The van der Waals surface area contributed by atoms with E-state index in [-0.39, 0.29) is 6.03 Å². The summed E-state index contributed by atoms with van der Waals surface area (Å²) in [7, 11) is -2.70. The number of hydrogen-bond donors (Lipinski definition) is 2. The number of benzene rings is 4. The van der Waals surface area contributed by atoms with Crippen molar-refractivity contribution < 1.29 is 18.1 Å². The predicted molar refractivity (Wildman–Crippen MR) is 160 cm³/mol. The second kappa shape index (κ2) is 12.7. The summed E-state index contributed by atoms with van der Waals surface area (Å²) in [5.41, 5.74) is 1.88. The Morgan fingerprint density at radius 2 is 1.50 bits per heavy atom. The summed E-state index contributed by atoms with van der Waals surface area (Å²) in [4.78, 5) is 12.4. The minimum Gasteiger partial charge on any atom is -0.374 e. The van der Waals surface area contributed by atoms with Crippen molar-refractivity contribution in [1.29, 1.82) is 0 Å². The van der Waals surface area contributed by atoms with Gasteiger partial charge < -0.3 is 23.9 Å². The van der Waals surface area contributed by atoms with E-state index < -0.39 is 8.80 Å². The molecule has 0 spiro atoms. The highest BCUT2D eigenvalue weighted by molar-refractivity contribution is 6.60. The zero-order valence-corrected chi connectivity index (χ0v) is 24.4. The van der Waals surface area contributed by atoms with Crippen molar-refractivity contribution in [2.45, 2.75) is 46.3 Å². The Balaban J connectivity index is 1.16. The van der Waals surface area contributed by atoms with Crippen LogP contribution in [-0.4, -0.2) is 56.2 Å². The van der Waals surface area contributed by atoms with Crippen molar-refractivity contribution in [3.8, 4) is 0 Å². The quantitative estimate of drug-likeness (QED) is 0.106. The van der Waals surface area contributed by atoms with Gasteiger partial charge in [-0.1, -0.05) is 59.8 Å². The van der Waals surface area contributed by atoms with Gasteiger partial charge in [0, 0.05) is 32.4 Å². The number of rotatable bonds is 14. The molecule has 0 aliphatic heterocycles. The fourth-order valence-electron chi connectivity index (χ4n) is 5.35. The van der Waals surface area contributed by atoms with E-state index >= 15 is 0 Å². The molecule has 5 rings (SSSR count). The highest BCUT2D eigenvalue weighted by Gasteiger charge is 2.39. The van der Waals surface area contributed by atoms with Crippen LogP contribution in [-0.2, 0) is 26.4 Å². The molecule has 4 aromatic carbocycles. The van der Waals surface area contributed by atoms with Gasteiger partial charge in [0.15, 0.2) is 0 Å². The number of aromatic nitrogens is 3. The van der Waals surface area contributed by atoms with Crippen LogP contribution in [0.5, 0.6) is 0 Å². The van der Waals surface area contributed by atoms with E-state index in [1.165, 1.54) is 37.9 Å². The number of carbonyl (C=O) groups is 1. The Morgan fingerprint density at radius 3 is 2.20 bits per heavy atom. The van der Waals surface area contributed by atoms with Crippen LogP contribution < -0.4 is 10.6 Å². The molecule has 0 saturated carbocycles. The van der Waals surface area contributed by atoms with Crippen LogP contribution in [0.25, 0.3) is 32.3 Å². The minimum absolute atomic E-state index is 0.252. The van der Waals surface area contributed by atoms with Crippen molar-refractivity contribution in [3.63, 3.8) is 0 Å². The van der Waals surface area contributed by atoms with Crippen LogP contribution in [0.4, 0.5) is 4.79 Å². The van der Waals surface area contributed by atoms with Crippen LogP contribution >= 0.6 is 0 Å². The maximum atomic E-state index is 12.4. The first-order valence-corrected chi connectivity index (χ1v) is 16.0. The Bertz CT molecular complexity index is 1540. The van der Waals surface area contributed by atoms with E-state index in [4.69, 9.17) is 13.3 Å². The second-order valence-corrected chi connectivity index (χ2v) is 12.4. The van der Waals surface area contributed by atoms with Crippen LogP contribution in [0.1, 0.15) is 38.4 Å². The third-order valence-corrected chi connectivity index (χ3v) is 10.2. The number of nitrogens with one attached hydrogen (secondary N) is 2. The van der Waals surface area contributed by atoms with E-state index in [0.717, 1.165) is 0 Å². The summed E-state index contributed by atoms with van der Waals surface area (Å²) in [6, 6.07) is 19.9. The van der Waals surface area contributed by atoms with E-state index in [2.05, 4.69) is 75.5 Å². The standard InChI is InChI=1S/C30H37N5O4Si/c1-4-37-40(38-5-2,39-6-3)18-8-17-31-30(36)32-19-26-21-35(34-33-26)20-25-14-13-24-12-11-22-9-7-10-23-15-16-27(25)29(24)28(22)23/h7,9-16,21H,4-6,8,17-20H2,1-3H3,(H2,31,32,36). The predicted octanol–water partition coefficient (Wildman–Crippen LogP) is 5.46. The third-order valence-electron chi connectivity index (χ3n) is 7.01. The lowest BCUT2D eigenvalue weighted by Crippen LogP contribution is -2.46. The molecule has 1 heterocycles.